The number of non-ortho nitro benzene ring substituents is 1. The first-order chi connectivity index (χ1) is 17.2. The monoisotopic (exact) mass is 483 g/mol. The number of nitriles is 1. The molecular weight excluding hydrogens is 462 g/mol. The maximum Gasteiger partial charge on any atom is 0.300 e. The van der Waals surface area contributed by atoms with Gasteiger partial charge >= 0.3 is 0 Å². The van der Waals surface area contributed by atoms with Crippen molar-refractivity contribution in [1.82, 2.24) is 0 Å². The molecule has 180 valence electrons. The molecule has 1 aliphatic heterocycles. The summed E-state index contributed by atoms with van der Waals surface area (Å²) >= 11 is 0. The van der Waals surface area contributed by atoms with Crippen molar-refractivity contribution in [3.63, 3.8) is 0 Å². The molecule has 1 amide bonds. The maximum atomic E-state index is 13.2. The molecule has 0 aliphatic carbocycles. The summed E-state index contributed by atoms with van der Waals surface area (Å²) in [6, 6.07) is 19.1. The molecule has 0 spiro atoms. The molecule has 9 heteroatoms. The molecule has 1 heterocycles. The lowest BCUT2D eigenvalue weighted by molar-refractivity contribution is -0.384. The average molecular weight is 483 g/mol. The van der Waals surface area contributed by atoms with Crippen molar-refractivity contribution in [3.05, 3.63) is 105 Å². The van der Waals surface area contributed by atoms with E-state index in [9.17, 15) is 24.8 Å². The zero-order valence-electron chi connectivity index (χ0n) is 19.4. The molecule has 1 aliphatic rings. The fourth-order valence-electron chi connectivity index (χ4n) is 4.03. The smallest absolute Gasteiger partial charge is 0.300 e. The zero-order valence-corrected chi connectivity index (χ0v) is 19.4. The number of hydrogen-bond acceptors (Lipinski definition) is 7. The van der Waals surface area contributed by atoms with E-state index in [1.807, 2.05) is 19.9 Å². The molecule has 4 rings (SSSR count). The van der Waals surface area contributed by atoms with Gasteiger partial charge in [-0.05, 0) is 55.8 Å². The Morgan fingerprint density at radius 3 is 2.33 bits per heavy atom. The summed E-state index contributed by atoms with van der Waals surface area (Å²) < 4.78 is 5.69. The number of hydrogen-bond donors (Lipinski definition) is 1. The Labute approximate surface area is 206 Å². The number of aliphatic hydroxyl groups is 1. The van der Waals surface area contributed by atoms with Gasteiger partial charge < -0.3 is 9.84 Å². The minimum Gasteiger partial charge on any atom is -0.507 e. The summed E-state index contributed by atoms with van der Waals surface area (Å²) in [5.41, 5.74) is 0.795. The average Bonchev–Trinajstić information content (AvgIpc) is 3.14. The third-order valence-corrected chi connectivity index (χ3v) is 5.62. The van der Waals surface area contributed by atoms with E-state index < -0.39 is 28.4 Å². The maximum absolute atomic E-state index is 13.2. The number of Topliss-reactive ketones (excluding diaryl/α,β-unsaturated/α-hetero) is 1. The molecule has 1 atom stereocenters. The standard InChI is InChI=1S/C27H21N3O6/c1-16(2)36-22-12-8-18(9-13-22)24-23(25(31)19-4-3-5-21(14-19)30(34)35)26(32)27(33)29(24)20-10-6-17(15-28)7-11-20/h3-14,16,24,31H,1-2H3/b25-23-. The van der Waals surface area contributed by atoms with E-state index in [1.165, 1.54) is 35.2 Å². The number of ketones is 1. The summed E-state index contributed by atoms with van der Waals surface area (Å²) in [5, 5.41) is 31.5. The Kier molecular flexibility index (Phi) is 6.52. The molecule has 0 radical (unpaired) electrons. The van der Waals surface area contributed by atoms with Crippen LogP contribution in [0.1, 0.15) is 36.6 Å². The summed E-state index contributed by atoms with van der Waals surface area (Å²) in [4.78, 5) is 38.3. The first kappa shape index (κ1) is 24.2. The molecule has 0 bridgehead atoms. The van der Waals surface area contributed by atoms with Crippen molar-refractivity contribution >= 4 is 28.8 Å². The predicted molar refractivity (Wildman–Crippen MR) is 131 cm³/mol. The van der Waals surface area contributed by atoms with Crippen molar-refractivity contribution in [3.8, 4) is 11.8 Å². The quantitative estimate of drug-likeness (QED) is 0.174. The van der Waals surface area contributed by atoms with E-state index in [2.05, 4.69) is 0 Å². The van der Waals surface area contributed by atoms with E-state index in [4.69, 9.17) is 10.00 Å². The number of carbonyl (C=O) groups excluding carboxylic acids is 2. The van der Waals surface area contributed by atoms with Crippen LogP contribution in [0.3, 0.4) is 0 Å². The Bertz CT molecular complexity index is 1420. The molecule has 0 saturated carbocycles. The topological polar surface area (TPSA) is 134 Å². The summed E-state index contributed by atoms with van der Waals surface area (Å²) in [5.74, 6) is -1.75. The number of nitro groups is 1. The highest BCUT2D eigenvalue weighted by Gasteiger charge is 2.47. The van der Waals surface area contributed by atoms with E-state index in [0.29, 0.717) is 22.6 Å². The van der Waals surface area contributed by atoms with E-state index in [-0.39, 0.29) is 22.9 Å². The van der Waals surface area contributed by atoms with E-state index >= 15 is 0 Å². The second-order valence-corrected chi connectivity index (χ2v) is 8.37. The third-order valence-electron chi connectivity index (χ3n) is 5.62. The highest BCUT2D eigenvalue weighted by atomic mass is 16.6. The number of amides is 1. The first-order valence-corrected chi connectivity index (χ1v) is 11.0. The van der Waals surface area contributed by atoms with E-state index in [0.717, 1.165) is 6.07 Å². The van der Waals surface area contributed by atoms with E-state index in [1.54, 1.807) is 36.4 Å². The SMILES string of the molecule is CC(C)Oc1ccc(C2/C(=C(/O)c3cccc([N+](=O)[O-])c3)C(=O)C(=O)N2c2ccc(C#N)cc2)cc1. The molecule has 1 saturated heterocycles. The molecule has 1 fully saturated rings. The zero-order chi connectivity index (χ0) is 26.0. The predicted octanol–water partition coefficient (Wildman–Crippen LogP) is 4.88. The Hall–Kier alpha value is -4.97. The lowest BCUT2D eigenvalue weighted by atomic mass is 9.95. The molecule has 3 aromatic rings. The van der Waals surface area contributed by atoms with Crippen LogP contribution < -0.4 is 9.64 Å². The van der Waals surface area contributed by atoms with Gasteiger partial charge in [-0.1, -0.05) is 24.3 Å². The van der Waals surface area contributed by atoms with Crippen LogP contribution in [0.4, 0.5) is 11.4 Å². The molecular formula is C27H21N3O6. The van der Waals surface area contributed by atoms with Crippen molar-refractivity contribution in [2.75, 3.05) is 4.90 Å². The summed E-state index contributed by atoms with van der Waals surface area (Å²) in [6.45, 7) is 3.76. The molecule has 9 nitrogen and oxygen atoms in total. The van der Waals surface area contributed by atoms with Gasteiger partial charge in [0.05, 0.1) is 34.3 Å². The van der Waals surface area contributed by atoms with Crippen LogP contribution in [0, 0.1) is 21.4 Å². The van der Waals surface area contributed by atoms with Gasteiger partial charge in [-0.2, -0.15) is 5.26 Å². The minimum atomic E-state index is -1.02. The largest absolute Gasteiger partial charge is 0.507 e. The lowest BCUT2D eigenvalue weighted by Crippen LogP contribution is -2.29. The van der Waals surface area contributed by atoms with Crippen molar-refractivity contribution in [2.24, 2.45) is 0 Å². The molecule has 1 N–H and O–H groups in total. The van der Waals surface area contributed by atoms with Crippen LogP contribution in [0.5, 0.6) is 5.75 Å². The van der Waals surface area contributed by atoms with Gasteiger partial charge in [0.15, 0.2) is 0 Å². The second kappa shape index (κ2) is 9.72. The lowest BCUT2D eigenvalue weighted by Gasteiger charge is -2.25. The highest BCUT2D eigenvalue weighted by Crippen LogP contribution is 2.42. The first-order valence-electron chi connectivity index (χ1n) is 11.0. The van der Waals surface area contributed by atoms with Gasteiger partial charge in [-0.15, -0.1) is 0 Å². The van der Waals surface area contributed by atoms with Crippen LogP contribution in [-0.2, 0) is 9.59 Å². The van der Waals surface area contributed by atoms with Crippen LogP contribution in [-0.4, -0.2) is 27.8 Å². The Morgan fingerprint density at radius 2 is 1.75 bits per heavy atom. The molecule has 36 heavy (non-hydrogen) atoms. The van der Waals surface area contributed by atoms with Crippen molar-refractivity contribution in [2.45, 2.75) is 26.0 Å². The fourth-order valence-corrected chi connectivity index (χ4v) is 4.03. The van der Waals surface area contributed by atoms with Gasteiger partial charge in [0, 0.05) is 23.4 Å². The number of rotatable bonds is 6. The van der Waals surface area contributed by atoms with Crippen LogP contribution in [0.2, 0.25) is 0 Å². The molecule has 1 unspecified atom stereocenters. The number of aliphatic hydroxyl groups excluding tert-OH is 1. The Morgan fingerprint density at radius 1 is 1.08 bits per heavy atom. The minimum absolute atomic E-state index is 0.0341. The number of anilines is 1. The third kappa shape index (κ3) is 4.52. The number of ether oxygens (including phenoxy) is 1. The highest BCUT2D eigenvalue weighted by molar-refractivity contribution is 6.51. The van der Waals surface area contributed by atoms with Gasteiger partial charge in [0.2, 0.25) is 0 Å². The normalized spacial score (nSPS) is 16.7. The second-order valence-electron chi connectivity index (χ2n) is 8.37. The van der Waals surface area contributed by atoms with Gasteiger partial charge in [0.1, 0.15) is 11.5 Å². The summed E-state index contributed by atoms with van der Waals surface area (Å²) in [6.07, 6.45) is -0.0611. The molecule has 3 aromatic carbocycles. The van der Waals surface area contributed by atoms with Crippen LogP contribution in [0.15, 0.2) is 78.4 Å². The van der Waals surface area contributed by atoms with Gasteiger partial charge in [0.25, 0.3) is 17.4 Å². The number of nitrogens with zero attached hydrogens (tertiary/aromatic N) is 3. The van der Waals surface area contributed by atoms with Gasteiger partial charge in [-0.25, -0.2) is 0 Å². The Balaban J connectivity index is 1.90. The van der Waals surface area contributed by atoms with Crippen molar-refractivity contribution in [1.29, 1.82) is 5.26 Å². The number of nitro benzene ring substituents is 1. The van der Waals surface area contributed by atoms with Crippen LogP contribution >= 0.6 is 0 Å². The molecule has 0 aromatic heterocycles. The fraction of sp³-hybridized carbons (Fsp3) is 0.148. The number of carbonyl (C=O) groups is 2. The van der Waals surface area contributed by atoms with Gasteiger partial charge in [-0.3, -0.25) is 24.6 Å². The van der Waals surface area contributed by atoms with Crippen molar-refractivity contribution < 1.29 is 24.4 Å². The number of benzene rings is 3. The summed E-state index contributed by atoms with van der Waals surface area (Å²) in [7, 11) is 0. The van der Waals surface area contributed by atoms with Crippen LogP contribution in [0.25, 0.3) is 5.76 Å².